The van der Waals surface area contributed by atoms with Crippen LogP contribution in [0.3, 0.4) is 0 Å². The second-order valence-corrected chi connectivity index (χ2v) is 8.86. The van der Waals surface area contributed by atoms with Gasteiger partial charge in [-0.2, -0.15) is 0 Å². The zero-order valence-electron chi connectivity index (χ0n) is 14.7. The van der Waals surface area contributed by atoms with E-state index in [-0.39, 0.29) is 5.54 Å². The Morgan fingerprint density at radius 1 is 1.08 bits per heavy atom. The maximum Gasteiger partial charge on any atom is 0.135 e. The smallest absolute Gasteiger partial charge is 0.135 e. The molecule has 5 heteroatoms. The first-order chi connectivity index (χ1) is 12.0. The Balaban J connectivity index is 1.98. The molecule has 2 aromatic carbocycles. The molecule has 4 rings (SSSR count). The van der Waals surface area contributed by atoms with Crippen molar-refractivity contribution in [3.05, 3.63) is 57.6 Å². The summed E-state index contributed by atoms with van der Waals surface area (Å²) in [4.78, 5) is 6.33. The number of ether oxygens (including phenoxy) is 1. The lowest BCUT2D eigenvalue weighted by Gasteiger charge is -2.33. The Kier molecular flexibility index (Phi) is 3.93. The van der Waals surface area contributed by atoms with Gasteiger partial charge >= 0.3 is 0 Å². The molecular weight excluding hydrogens is 348 g/mol. The molecule has 25 heavy (non-hydrogen) atoms. The van der Waals surface area contributed by atoms with Gasteiger partial charge in [0.25, 0.3) is 0 Å². The third-order valence-corrected chi connectivity index (χ3v) is 7.13. The van der Waals surface area contributed by atoms with Gasteiger partial charge in [-0.15, -0.1) is 0 Å². The molecular formula is C20H20N2OS2. The maximum atomic E-state index is 5.40. The summed E-state index contributed by atoms with van der Waals surface area (Å²) in [5, 5.41) is 3.65. The molecule has 2 heterocycles. The first-order valence-electron chi connectivity index (χ1n) is 8.20. The van der Waals surface area contributed by atoms with E-state index in [0.717, 1.165) is 21.8 Å². The number of nitrogens with one attached hydrogen (secondary N) is 1. The number of hydrogen-bond donors (Lipinski definition) is 1. The topological polar surface area (TPSA) is 33.6 Å². The molecule has 0 atom stereocenters. The molecule has 1 aromatic heterocycles. The first-order valence-corrected chi connectivity index (χ1v) is 10.3. The van der Waals surface area contributed by atoms with Crippen LogP contribution < -0.4 is 14.7 Å². The van der Waals surface area contributed by atoms with Crippen molar-refractivity contribution in [2.45, 2.75) is 26.3 Å². The predicted octanol–water partition coefficient (Wildman–Crippen LogP) is 5.69. The number of rotatable bonds is 2. The van der Waals surface area contributed by atoms with E-state index in [1.165, 1.54) is 21.6 Å². The Morgan fingerprint density at radius 3 is 2.64 bits per heavy atom. The molecule has 0 saturated heterocycles. The fourth-order valence-electron chi connectivity index (χ4n) is 3.15. The maximum absolute atomic E-state index is 5.40. The van der Waals surface area contributed by atoms with Gasteiger partial charge in [0.05, 0.1) is 23.2 Å². The predicted molar refractivity (Wildman–Crippen MR) is 107 cm³/mol. The third kappa shape index (κ3) is 2.77. The van der Waals surface area contributed by atoms with Gasteiger partial charge in [0.2, 0.25) is 0 Å². The van der Waals surface area contributed by atoms with Gasteiger partial charge in [0.1, 0.15) is 10.4 Å². The fourth-order valence-corrected chi connectivity index (χ4v) is 6.08. The van der Waals surface area contributed by atoms with Crippen LogP contribution >= 0.6 is 20.7 Å². The quantitative estimate of drug-likeness (QED) is 0.590. The van der Waals surface area contributed by atoms with Crippen molar-refractivity contribution in [2.24, 2.45) is 4.99 Å². The minimum Gasteiger partial charge on any atom is -0.497 e. The van der Waals surface area contributed by atoms with Crippen LogP contribution in [0.4, 0.5) is 11.4 Å². The van der Waals surface area contributed by atoms with E-state index in [1.807, 2.05) is 22.5 Å². The van der Waals surface area contributed by atoms with E-state index in [0.29, 0.717) is 0 Å². The van der Waals surface area contributed by atoms with Crippen LogP contribution in [0.25, 0.3) is 11.1 Å². The summed E-state index contributed by atoms with van der Waals surface area (Å²) < 4.78 is 6.48. The molecule has 1 aliphatic rings. The number of nitrogens with zero attached hydrogens (tertiary/aromatic N) is 1. The third-order valence-electron chi connectivity index (χ3n) is 4.49. The molecule has 0 amide bonds. The molecule has 0 bridgehead atoms. The van der Waals surface area contributed by atoms with Gasteiger partial charge in [-0.05, 0) is 44.5 Å². The molecule has 128 valence electrons. The summed E-state index contributed by atoms with van der Waals surface area (Å²) in [5.41, 5.74) is 5.64. The van der Waals surface area contributed by atoms with E-state index >= 15 is 0 Å². The van der Waals surface area contributed by atoms with Gasteiger partial charge < -0.3 is 10.1 Å². The average molecular weight is 369 g/mol. The largest absolute Gasteiger partial charge is 0.497 e. The molecule has 1 aliphatic heterocycles. The standard InChI is InChI=1S/C20H20N2OS2/c1-12-7-5-6-8-15(12)21-19-17-14-10-9-13(23-4)11-16(14)22-20(2,3)18(17)24-25-19/h5-11,22H,1-4H3. The van der Waals surface area contributed by atoms with Gasteiger partial charge in [0.15, 0.2) is 0 Å². The lowest BCUT2D eigenvalue weighted by atomic mass is 9.90. The Labute approximate surface area is 155 Å². The number of hydrogen-bond acceptors (Lipinski definition) is 5. The fraction of sp³-hybridized carbons (Fsp3) is 0.250. The van der Waals surface area contributed by atoms with Gasteiger partial charge in [-0.3, -0.25) is 0 Å². The summed E-state index contributed by atoms with van der Waals surface area (Å²) in [7, 11) is 5.26. The van der Waals surface area contributed by atoms with Crippen LogP contribution in [-0.4, -0.2) is 7.11 Å². The number of benzene rings is 2. The van der Waals surface area contributed by atoms with Crippen molar-refractivity contribution < 1.29 is 4.74 Å². The van der Waals surface area contributed by atoms with Gasteiger partial charge in [0, 0.05) is 22.9 Å². The Morgan fingerprint density at radius 2 is 1.88 bits per heavy atom. The summed E-state index contributed by atoms with van der Waals surface area (Å²) in [6.07, 6.45) is 0. The molecule has 1 N–H and O–H groups in total. The minimum absolute atomic E-state index is 0.130. The number of methoxy groups -OCH3 is 1. The molecule has 0 saturated carbocycles. The zero-order valence-corrected chi connectivity index (χ0v) is 16.3. The Bertz CT molecular complexity index is 1010. The van der Waals surface area contributed by atoms with Crippen molar-refractivity contribution in [3.63, 3.8) is 0 Å². The molecule has 3 aromatic rings. The van der Waals surface area contributed by atoms with Crippen molar-refractivity contribution in [1.82, 2.24) is 0 Å². The minimum atomic E-state index is -0.130. The van der Waals surface area contributed by atoms with E-state index in [9.17, 15) is 0 Å². The monoisotopic (exact) mass is 368 g/mol. The van der Waals surface area contributed by atoms with E-state index in [2.05, 4.69) is 56.4 Å². The molecule has 0 aliphatic carbocycles. The highest BCUT2D eigenvalue weighted by Gasteiger charge is 2.33. The first kappa shape index (κ1) is 16.4. The normalized spacial score (nSPS) is 15.3. The number of anilines is 1. The molecule has 0 spiro atoms. The SMILES string of the molecule is COc1ccc2c(c1)NC(C)(C)c1ssc(=Nc3ccccc3C)c1-2. The summed E-state index contributed by atoms with van der Waals surface area (Å²) >= 11 is 0. The lowest BCUT2D eigenvalue weighted by molar-refractivity contribution is 0.415. The van der Waals surface area contributed by atoms with Crippen molar-refractivity contribution in [2.75, 3.05) is 12.4 Å². The lowest BCUT2D eigenvalue weighted by Crippen LogP contribution is -2.31. The highest BCUT2D eigenvalue weighted by molar-refractivity contribution is 7.68. The Hall–Kier alpha value is -2.11. The molecule has 0 radical (unpaired) electrons. The van der Waals surface area contributed by atoms with Crippen LogP contribution in [-0.2, 0) is 5.54 Å². The van der Waals surface area contributed by atoms with E-state index in [4.69, 9.17) is 9.73 Å². The summed E-state index contributed by atoms with van der Waals surface area (Å²) in [6, 6.07) is 14.5. The number of fused-ring (bicyclic) bond motifs is 3. The van der Waals surface area contributed by atoms with E-state index < -0.39 is 0 Å². The zero-order chi connectivity index (χ0) is 17.6. The highest BCUT2D eigenvalue weighted by atomic mass is 32.9. The summed E-state index contributed by atoms with van der Waals surface area (Å²) in [6.45, 7) is 6.54. The van der Waals surface area contributed by atoms with Crippen LogP contribution in [0.5, 0.6) is 5.75 Å². The second-order valence-electron chi connectivity index (χ2n) is 6.74. The molecule has 3 nitrogen and oxygen atoms in total. The van der Waals surface area contributed by atoms with Crippen LogP contribution in [0.1, 0.15) is 24.3 Å². The van der Waals surface area contributed by atoms with Crippen LogP contribution in [0.15, 0.2) is 47.5 Å². The average Bonchev–Trinajstić information content (AvgIpc) is 3.01. The van der Waals surface area contributed by atoms with Crippen LogP contribution in [0, 0.1) is 6.92 Å². The van der Waals surface area contributed by atoms with E-state index in [1.54, 1.807) is 17.5 Å². The number of aryl methyl sites for hydroxylation is 1. The van der Waals surface area contributed by atoms with Crippen molar-refractivity contribution >= 4 is 32.1 Å². The van der Waals surface area contributed by atoms with Gasteiger partial charge in [-0.1, -0.05) is 38.9 Å². The molecule has 0 fully saturated rings. The number of para-hydroxylation sites is 1. The second kappa shape index (κ2) is 6.00. The van der Waals surface area contributed by atoms with Gasteiger partial charge in [-0.25, -0.2) is 4.99 Å². The highest BCUT2D eigenvalue weighted by Crippen LogP contribution is 2.46. The summed E-state index contributed by atoms with van der Waals surface area (Å²) in [5.74, 6) is 0.863. The van der Waals surface area contributed by atoms with Crippen LogP contribution in [0.2, 0.25) is 0 Å². The molecule has 0 unspecified atom stereocenters. The van der Waals surface area contributed by atoms with Crippen molar-refractivity contribution in [3.8, 4) is 16.9 Å². The van der Waals surface area contributed by atoms with Crippen molar-refractivity contribution in [1.29, 1.82) is 0 Å².